The number of halogens is 2. The van der Waals surface area contributed by atoms with E-state index in [-0.39, 0.29) is 11.3 Å². The van der Waals surface area contributed by atoms with Crippen molar-refractivity contribution in [3.05, 3.63) is 129 Å². The number of hydrogen-bond acceptors (Lipinski definition) is 3. The molecule has 0 saturated carbocycles. The van der Waals surface area contributed by atoms with Crippen molar-refractivity contribution in [2.45, 2.75) is 35.5 Å². The molecule has 1 unspecified atom stereocenters. The molecule has 3 nitrogen and oxygen atoms in total. The summed E-state index contributed by atoms with van der Waals surface area (Å²) in [6, 6.07) is 27.5. The van der Waals surface area contributed by atoms with Crippen LogP contribution in [0.25, 0.3) is 0 Å². The van der Waals surface area contributed by atoms with Gasteiger partial charge in [-0.05, 0) is 78.4 Å². The maximum Gasteiger partial charge on any atom is 0.336 e. The fourth-order valence-corrected chi connectivity index (χ4v) is 5.42. The Morgan fingerprint density at radius 2 is 1.53 bits per heavy atom. The van der Waals surface area contributed by atoms with Gasteiger partial charge in [-0.1, -0.05) is 84.4 Å². The van der Waals surface area contributed by atoms with E-state index < -0.39 is 5.97 Å². The summed E-state index contributed by atoms with van der Waals surface area (Å²) in [6.07, 6.45) is 1.84. The Balaban J connectivity index is 1.52. The van der Waals surface area contributed by atoms with Crippen LogP contribution in [0.1, 0.15) is 56.7 Å². The van der Waals surface area contributed by atoms with E-state index in [0.717, 1.165) is 28.3 Å². The third kappa shape index (κ3) is 6.38. The number of carboxylic acids is 1. The van der Waals surface area contributed by atoms with E-state index in [1.165, 1.54) is 23.4 Å². The second-order valence-corrected chi connectivity index (χ2v) is 10.5. The van der Waals surface area contributed by atoms with Crippen molar-refractivity contribution in [3.8, 4) is 0 Å². The van der Waals surface area contributed by atoms with Gasteiger partial charge in [0, 0.05) is 31.0 Å². The van der Waals surface area contributed by atoms with Gasteiger partial charge in [0.2, 0.25) is 0 Å². The van der Waals surface area contributed by atoms with Gasteiger partial charge < -0.3 is 5.11 Å². The topological polar surface area (TPSA) is 54.4 Å². The Labute approximate surface area is 225 Å². The zero-order chi connectivity index (χ0) is 25.7. The molecule has 0 spiro atoms. The molecule has 0 aliphatic rings. The van der Waals surface area contributed by atoms with Crippen LogP contribution in [0.2, 0.25) is 10.0 Å². The van der Waals surface area contributed by atoms with Gasteiger partial charge in [-0.15, -0.1) is 0 Å². The highest BCUT2D eigenvalue weighted by molar-refractivity contribution is 7.99. The number of carbonyl (C=O) groups is 2. The predicted molar refractivity (Wildman–Crippen MR) is 147 cm³/mol. The van der Waals surface area contributed by atoms with E-state index in [0.29, 0.717) is 27.0 Å². The van der Waals surface area contributed by atoms with Crippen molar-refractivity contribution >= 4 is 46.7 Å². The summed E-state index contributed by atoms with van der Waals surface area (Å²) in [4.78, 5) is 26.5. The second kappa shape index (κ2) is 11.8. The van der Waals surface area contributed by atoms with Gasteiger partial charge in [0.25, 0.3) is 0 Å². The molecule has 0 saturated heterocycles. The molecule has 0 aliphatic heterocycles. The molecule has 1 atom stereocenters. The van der Waals surface area contributed by atoms with E-state index in [9.17, 15) is 14.7 Å². The first kappa shape index (κ1) is 26.0. The second-order valence-electron chi connectivity index (χ2n) is 8.46. The maximum absolute atomic E-state index is 13.1. The summed E-state index contributed by atoms with van der Waals surface area (Å²) in [5, 5.41) is 11.1. The molecule has 6 heteroatoms. The summed E-state index contributed by atoms with van der Waals surface area (Å²) in [7, 11) is 0. The highest BCUT2D eigenvalue weighted by Crippen LogP contribution is 2.33. The Hall–Kier alpha value is -3.05. The Morgan fingerprint density at radius 3 is 2.17 bits per heavy atom. The monoisotopic (exact) mass is 534 g/mol. The van der Waals surface area contributed by atoms with E-state index in [4.69, 9.17) is 23.2 Å². The summed E-state index contributed by atoms with van der Waals surface area (Å²) in [6.45, 7) is 2.16. The van der Waals surface area contributed by atoms with Gasteiger partial charge in [0.15, 0.2) is 5.78 Å². The van der Waals surface area contributed by atoms with Crippen LogP contribution in [0.15, 0.2) is 101 Å². The van der Waals surface area contributed by atoms with Crippen molar-refractivity contribution in [1.82, 2.24) is 0 Å². The molecule has 0 amide bonds. The minimum Gasteiger partial charge on any atom is -0.478 e. The largest absolute Gasteiger partial charge is 0.478 e. The smallest absolute Gasteiger partial charge is 0.336 e. The average Bonchev–Trinajstić information content (AvgIpc) is 2.88. The summed E-state index contributed by atoms with van der Waals surface area (Å²) >= 11 is 13.4. The molecule has 4 rings (SSSR count). The van der Waals surface area contributed by atoms with Gasteiger partial charge >= 0.3 is 5.97 Å². The zero-order valence-electron chi connectivity index (χ0n) is 19.6. The van der Waals surface area contributed by atoms with Crippen molar-refractivity contribution in [2.75, 3.05) is 0 Å². The molecule has 0 aliphatic carbocycles. The molecule has 0 heterocycles. The van der Waals surface area contributed by atoms with Gasteiger partial charge in [-0.3, -0.25) is 4.79 Å². The van der Waals surface area contributed by atoms with Crippen LogP contribution < -0.4 is 0 Å². The minimum absolute atomic E-state index is 0.0798. The Kier molecular flexibility index (Phi) is 8.52. The molecule has 0 bridgehead atoms. The summed E-state index contributed by atoms with van der Waals surface area (Å²) < 4.78 is 0. The van der Waals surface area contributed by atoms with Crippen LogP contribution in [0.5, 0.6) is 0 Å². The van der Waals surface area contributed by atoms with Crippen molar-refractivity contribution in [2.24, 2.45) is 0 Å². The normalized spacial score (nSPS) is 11.8. The van der Waals surface area contributed by atoms with Crippen molar-refractivity contribution < 1.29 is 14.7 Å². The number of carbonyl (C=O) groups excluding carboxylic acids is 1. The molecule has 0 aromatic heterocycles. The van der Waals surface area contributed by atoms with E-state index in [1.54, 1.807) is 36.4 Å². The number of hydrogen-bond donors (Lipinski definition) is 1. The highest BCUT2D eigenvalue weighted by atomic mass is 35.5. The molecule has 1 N–H and O–H groups in total. The zero-order valence-corrected chi connectivity index (χ0v) is 21.9. The standard InChI is InChI=1S/C30H24Cl2O3S/c1-2-20(21-10-13-24(31)14-11-21)16-19-6-8-22(9-7-19)29(33)23-12-15-28(27(17-23)30(34)35)36-26-5-3-4-25(32)18-26/h3-15,17-18,20H,2,16H2,1H3,(H,34,35). The average molecular weight is 535 g/mol. The molecular weight excluding hydrogens is 511 g/mol. The molecule has 36 heavy (non-hydrogen) atoms. The lowest BCUT2D eigenvalue weighted by atomic mass is 9.89. The third-order valence-electron chi connectivity index (χ3n) is 6.03. The van der Waals surface area contributed by atoms with Crippen LogP contribution in [-0.2, 0) is 6.42 Å². The summed E-state index contributed by atoms with van der Waals surface area (Å²) in [5.74, 6) is -0.947. The molecule has 4 aromatic carbocycles. The van der Waals surface area contributed by atoms with E-state index in [1.807, 2.05) is 36.4 Å². The number of benzene rings is 4. The predicted octanol–water partition coefficient (Wildman–Crippen LogP) is 8.81. The quantitative estimate of drug-likeness (QED) is 0.218. The van der Waals surface area contributed by atoms with Crippen LogP contribution in [0, 0.1) is 0 Å². The van der Waals surface area contributed by atoms with Crippen LogP contribution in [0.3, 0.4) is 0 Å². The SMILES string of the molecule is CCC(Cc1ccc(C(=O)c2ccc(Sc3cccc(Cl)c3)c(C(=O)O)c2)cc1)c1ccc(Cl)cc1. The van der Waals surface area contributed by atoms with Crippen LogP contribution in [-0.4, -0.2) is 16.9 Å². The van der Waals surface area contributed by atoms with E-state index >= 15 is 0 Å². The highest BCUT2D eigenvalue weighted by Gasteiger charge is 2.17. The van der Waals surface area contributed by atoms with Gasteiger partial charge in [0.05, 0.1) is 5.56 Å². The van der Waals surface area contributed by atoms with E-state index in [2.05, 4.69) is 19.1 Å². The number of carboxylic acid groups (broad SMARTS) is 1. The molecule has 0 radical (unpaired) electrons. The lowest BCUT2D eigenvalue weighted by Crippen LogP contribution is -2.06. The summed E-state index contributed by atoms with van der Waals surface area (Å²) in [5.41, 5.74) is 3.30. The van der Waals surface area contributed by atoms with Gasteiger partial charge in [-0.25, -0.2) is 4.79 Å². The van der Waals surface area contributed by atoms with Crippen LogP contribution >= 0.6 is 35.0 Å². The molecule has 0 fully saturated rings. The maximum atomic E-state index is 13.1. The minimum atomic E-state index is -1.09. The molecule has 4 aromatic rings. The Bertz CT molecular complexity index is 1380. The Morgan fingerprint density at radius 1 is 0.833 bits per heavy atom. The lowest BCUT2D eigenvalue weighted by Gasteiger charge is -2.16. The molecular formula is C30H24Cl2O3S. The number of rotatable bonds is 9. The molecule has 182 valence electrons. The van der Waals surface area contributed by atoms with Gasteiger partial charge in [-0.2, -0.15) is 0 Å². The first-order valence-electron chi connectivity index (χ1n) is 11.5. The first-order valence-corrected chi connectivity index (χ1v) is 13.1. The lowest BCUT2D eigenvalue weighted by molar-refractivity contribution is 0.0693. The fraction of sp³-hybridized carbons (Fsp3) is 0.133. The van der Waals surface area contributed by atoms with Crippen molar-refractivity contribution in [1.29, 1.82) is 0 Å². The number of ketones is 1. The number of aromatic carboxylic acids is 1. The third-order valence-corrected chi connectivity index (χ3v) is 7.58. The first-order chi connectivity index (χ1) is 17.3. The van der Waals surface area contributed by atoms with Crippen molar-refractivity contribution in [3.63, 3.8) is 0 Å². The van der Waals surface area contributed by atoms with Crippen LogP contribution in [0.4, 0.5) is 0 Å². The fourth-order valence-electron chi connectivity index (χ4n) is 4.06. The van der Waals surface area contributed by atoms with Gasteiger partial charge in [0.1, 0.15) is 0 Å².